The van der Waals surface area contributed by atoms with Gasteiger partial charge in [-0.05, 0) is 67.5 Å². The van der Waals surface area contributed by atoms with E-state index < -0.39 is 0 Å². The van der Waals surface area contributed by atoms with Gasteiger partial charge in [0.2, 0.25) is 0 Å². The fraction of sp³-hybridized carbons (Fsp3) is 0.333. The number of nitrogens with zero attached hydrogens (tertiary/aromatic N) is 3. The van der Waals surface area contributed by atoms with E-state index in [9.17, 15) is 4.39 Å². The fourth-order valence-electron chi connectivity index (χ4n) is 5.28. The third-order valence-electron chi connectivity index (χ3n) is 7.18. The molecule has 0 aliphatic carbocycles. The summed E-state index contributed by atoms with van der Waals surface area (Å²) in [4.78, 5) is 5.30. The average molecular weight is 616 g/mol. The second kappa shape index (κ2) is 15.6. The molecule has 0 saturated heterocycles. The number of halogens is 1. The van der Waals surface area contributed by atoms with Crippen LogP contribution in [0.4, 0.5) is 4.39 Å². The molecule has 1 aliphatic rings. The van der Waals surface area contributed by atoms with Crippen molar-refractivity contribution in [3.63, 3.8) is 0 Å². The van der Waals surface area contributed by atoms with Gasteiger partial charge in [0, 0.05) is 51.5 Å². The number of hydrogen-bond acceptors (Lipinski definition) is 6. The standard InChI is InChI=1S/C33H36FN3O3S.C3H6/c1-5-13-37-29(21(3)4)20-28(36-37)24-11-16-40-30-18-22(34)9-10-26(30)31-32(24)35-27(25-12-17-41-33(25)31)19-23(6-2)39-15-8-7-14-38;1-3-2/h6-10,12,17-21,24,38H,2,5,11,13-16H2,1,3-4H3;3H,1H2,2H3/b8-7+,23-19-;. The largest absolute Gasteiger partial charge is 0.493 e. The lowest BCUT2D eigenvalue weighted by molar-refractivity contribution is 0.263. The Kier molecular flexibility index (Phi) is 11.7. The molecule has 1 atom stereocenters. The maximum atomic E-state index is 14.3. The van der Waals surface area contributed by atoms with Crippen LogP contribution in [0.3, 0.4) is 0 Å². The van der Waals surface area contributed by atoms with Crippen LogP contribution in [0.2, 0.25) is 0 Å². The number of aliphatic hydroxyl groups excluding tert-OH is 1. The number of fused-ring (bicyclic) bond motifs is 5. The summed E-state index contributed by atoms with van der Waals surface area (Å²) in [5.41, 5.74) is 5.60. The first-order valence-electron chi connectivity index (χ1n) is 15.1. The second-order valence-corrected chi connectivity index (χ2v) is 11.7. The van der Waals surface area contributed by atoms with Crippen molar-refractivity contribution in [3.8, 4) is 16.9 Å². The minimum atomic E-state index is -0.333. The van der Waals surface area contributed by atoms with Crippen molar-refractivity contribution in [2.45, 2.75) is 58.9 Å². The van der Waals surface area contributed by atoms with E-state index in [1.165, 1.54) is 17.8 Å². The molecule has 5 rings (SSSR count). The summed E-state index contributed by atoms with van der Waals surface area (Å²) in [7, 11) is 0. The Hall–Kier alpha value is -4.01. The number of allylic oxidation sites excluding steroid dienone is 2. The van der Waals surface area contributed by atoms with Gasteiger partial charge < -0.3 is 14.6 Å². The molecular weight excluding hydrogens is 573 g/mol. The highest BCUT2D eigenvalue weighted by molar-refractivity contribution is 7.17. The molecule has 1 aromatic carbocycles. The summed E-state index contributed by atoms with van der Waals surface area (Å²) in [6.45, 7) is 17.2. The highest BCUT2D eigenvalue weighted by Gasteiger charge is 2.30. The number of aryl methyl sites for hydroxylation is 1. The van der Waals surface area contributed by atoms with Crippen LogP contribution in [0, 0.1) is 5.82 Å². The monoisotopic (exact) mass is 615 g/mol. The highest BCUT2D eigenvalue weighted by atomic mass is 32.1. The van der Waals surface area contributed by atoms with Crippen LogP contribution < -0.4 is 4.74 Å². The molecule has 4 heterocycles. The van der Waals surface area contributed by atoms with Crippen LogP contribution in [-0.2, 0) is 11.3 Å². The van der Waals surface area contributed by atoms with E-state index in [1.54, 1.807) is 41.7 Å². The van der Waals surface area contributed by atoms with Crippen molar-refractivity contribution >= 4 is 27.5 Å². The van der Waals surface area contributed by atoms with Crippen molar-refractivity contribution in [3.05, 3.63) is 108 Å². The van der Waals surface area contributed by atoms with Crippen LogP contribution in [0.1, 0.15) is 75.1 Å². The van der Waals surface area contributed by atoms with Crippen LogP contribution >= 0.6 is 11.3 Å². The van der Waals surface area contributed by atoms with Gasteiger partial charge in [-0.3, -0.25) is 9.67 Å². The Morgan fingerprint density at radius 2 is 2.05 bits per heavy atom. The van der Waals surface area contributed by atoms with Crippen LogP contribution in [0.15, 0.2) is 78.9 Å². The normalized spacial score (nSPS) is 14.7. The van der Waals surface area contributed by atoms with Gasteiger partial charge in [0.25, 0.3) is 0 Å². The molecule has 3 aromatic heterocycles. The lowest BCUT2D eigenvalue weighted by Crippen LogP contribution is -2.15. The second-order valence-electron chi connectivity index (χ2n) is 10.7. The molecule has 0 fully saturated rings. The minimum absolute atomic E-state index is 0.0403. The van der Waals surface area contributed by atoms with Crippen molar-refractivity contribution in [2.75, 3.05) is 19.8 Å². The quantitative estimate of drug-likeness (QED) is 0.110. The molecule has 0 bridgehead atoms. The van der Waals surface area contributed by atoms with E-state index in [0.717, 1.165) is 51.3 Å². The zero-order valence-corrected chi connectivity index (χ0v) is 26.9. The zero-order chi connectivity index (χ0) is 31.6. The molecule has 0 spiro atoms. The lowest BCUT2D eigenvalue weighted by atomic mass is 9.88. The Labute approximate surface area is 263 Å². The van der Waals surface area contributed by atoms with E-state index in [1.807, 2.05) is 18.4 Å². The third-order valence-corrected chi connectivity index (χ3v) is 8.12. The molecular formula is C36H42FN3O3S. The first kappa shape index (κ1) is 32.9. The van der Waals surface area contributed by atoms with Crippen molar-refractivity contribution in [2.24, 2.45) is 0 Å². The van der Waals surface area contributed by atoms with Gasteiger partial charge >= 0.3 is 0 Å². The topological polar surface area (TPSA) is 69.4 Å². The van der Waals surface area contributed by atoms with Gasteiger partial charge in [-0.15, -0.1) is 17.9 Å². The number of pyridine rings is 1. The maximum absolute atomic E-state index is 14.3. The number of benzene rings is 1. The summed E-state index contributed by atoms with van der Waals surface area (Å²) >= 11 is 1.63. The fourth-order valence-corrected chi connectivity index (χ4v) is 6.25. The average Bonchev–Trinajstić information content (AvgIpc) is 3.65. The molecule has 6 nitrogen and oxygen atoms in total. The van der Waals surface area contributed by atoms with E-state index in [-0.39, 0.29) is 18.3 Å². The number of hydrogen-bond donors (Lipinski definition) is 1. The van der Waals surface area contributed by atoms with Crippen molar-refractivity contribution in [1.29, 1.82) is 0 Å². The van der Waals surface area contributed by atoms with Gasteiger partial charge in [0.15, 0.2) is 0 Å². The highest BCUT2D eigenvalue weighted by Crippen LogP contribution is 2.46. The number of rotatable bonds is 10. The Morgan fingerprint density at radius 3 is 2.75 bits per heavy atom. The molecule has 0 radical (unpaired) electrons. The third kappa shape index (κ3) is 7.37. The molecule has 0 amide bonds. The van der Waals surface area contributed by atoms with Crippen LogP contribution in [0.5, 0.6) is 5.75 Å². The SMILES string of the molecule is C=C/C(=C/c1nc2c(c3sccc13)-c1ccc(F)cc1OCCC2c1cc(C(C)C)n(CCC)n1)OC/C=C/CO.C=CC. The van der Waals surface area contributed by atoms with Crippen LogP contribution in [0.25, 0.3) is 27.3 Å². The molecule has 8 heteroatoms. The number of ether oxygens (including phenoxy) is 2. The maximum Gasteiger partial charge on any atom is 0.130 e. The van der Waals surface area contributed by atoms with Crippen molar-refractivity contribution in [1.82, 2.24) is 14.8 Å². The predicted molar refractivity (Wildman–Crippen MR) is 180 cm³/mol. The number of thiophene rings is 1. The van der Waals surface area contributed by atoms with E-state index >= 15 is 0 Å². The summed E-state index contributed by atoms with van der Waals surface area (Å²) in [6.07, 6.45) is 10.3. The van der Waals surface area contributed by atoms with Crippen molar-refractivity contribution < 1.29 is 19.0 Å². The minimum Gasteiger partial charge on any atom is -0.493 e. The first-order chi connectivity index (χ1) is 21.4. The smallest absolute Gasteiger partial charge is 0.130 e. The summed E-state index contributed by atoms with van der Waals surface area (Å²) in [5.74, 6) is 0.970. The number of aromatic nitrogens is 3. The molecule has 232 valence electrons. The Balaban J connectivity index is 0.00000141. The molecule has 1 N–H and O–H groups in total. The van der Waals surface area contributed by atoms with Gasteiger partial charge in [-0.25, -0.2) is 4.39 Å². The Morgan fingerprint density at radius 1 is 1.25 bits per heavy atom. The number of aliphatic hydroxyl groups is 1. The van der Waals surface area contributed by atoms with Gasteiger partial charge in [0.1, 0.15) is 23.9 Å². The zero-order valence-electron chi connectivity index (χ0n) is 26.1. The predicted octanol–water partition coefficient (Wildman–Crippen LogP) is 9.03. The van der Waals surface area contributed by atoms with E-state index in [4.69, 9.17) is 24.7 Å². The van der Waals surface area contributed by atoms with Crippen LogP contribution in [-0.4, -0.2) is 39.7 Å². The Bertz CT molecular complexity index is 1650. The van der Waals surface area contributed by atoms with Gasteiger partial charge in [-0.2, -0.15) is 5.10 Å². The lowest BCUT2D eigenvalue weighted by Gasteiger charge is -2.25. The first-order valence-corrected chi connectivity index (χ1v) is 16.0. The molecule has 44 heavy (non-hydrogen) atoms. The summed E-state index contributed by atoms with van der Waals surface area (Å²) < 4.78 is 29.6. The molecule has 1 aliphatic heterocycles. The van der Waals surface area contributed by atoms with Gasteiger partial charge in [-0.1, -0.05) is 39.5 Å². The molecule has 0 saturated carbocycles. The van der Waals surface area contributed by atoms with E-state index in [2.05, 4.69) is 50.7 Å². The van der Waals surface area contributed by atoms with E-state index in [0.29, 0.717) is 37.1 Å². The molecule has 4 aromatic rings. The summed E-state index contributed by atoms with van der Waals surface area (Å²) in [5, 5.41) is 17.2. The van der Waals surface area contributed by atoms with Gasteiger partial charge in [0.05, 0.1) is 30.3 Å². The molecule has 1 unspecified atom stereocenters. The summed E-state index contributed by atoms with van der Waals surface area (Å²) in [6, 6.07) is 9.00.